The average Bonchev–Trinajstić information content (AvgIpc) is 2.99. The molecule has 0 bridgehead atoms. The molecular formula is C21H19ClF2N2. The van der Waals surface area contributed by atoms with Crippen molar-refractivity contribution in [3.05, 3.63) is 94.3 Å². The second-order valence-corrected chi connectivity index (χ2v) is 7.05. The first-order valence-electron chi connectivity index (χ1n) is 8.71. The number of aryl methyl sites for hydroxylation is 1. The van der Waals surface area contributed by atoms with Gasteiger partial charge in [0, 0.05) is 42.1 Å². The van der Waals surface area contributed by atoms with Crippen LogP contribution in [0.25, 0.3) is 0 Å². The number of hydrogen-bond acceptors (Lipinski definition) is 1. The topological polar surface area (TPSA) is 8.17 Å². The van der Waals surface area contributed by atoms with Gasteiger partial charge in [-0.05, 0) is 48.4 Å². The van der Waals surface area contributed by atoms with E-state index in [-0.39, 0.29) is 5.56 Å². The molecule has 0 aliphatic carbocycles. The predicted molar refractivity (Wildman–Crippen MR) is 99.1 cm³/mol. The fraction of sp³-hybridized carbons (Fsp3) is 0.238. The highest BCUT2D eigenvalue weighted by atomic mass is 35.5. The largest absolute Gasteiger partial charge is 0.350 e. The Morgan fingerprint density at radius 2 is 1.73 bits per heavy atom. The number of rotatable bonds is 3. The molecule has 1 atom stereocenters. The minimum atomic E-state index is -0.513. The van der Waals surface area contributed by atoms with Crippen LogP contribution in [0.4, 0.5) is 8.78 Å². The Hall–Kier alpha value is -2.17. The molecule has 0 amide bonds. The SMILES string of the molecule is Fc1cccc(F)c1[C@H]1c2cccn2CCCN1Cc1cccc(Cl)c1. The van der Waals surface area contributed by atoms with E-state index in [0.717, 1.165) is 30.8 Å². The van der Waals surface area contributed by atoms with Crippen LogP contribution in [-0.2, 0) is 13.1 Å². The van der Waals surface area contributed by atoms with E-state index in [4.69, 9.17) is 11.6 Å². The van der Waals surface area contributed by atoms with Gasteiger partial charge < -0.3 is 4.57 Å². The van der Waals surface area contributed by atoms with Crippen LogP contribution < -0.4 is 0 Å². The van der Waals surface area contributed by atoms with Crippen LogP contribution in [0.15, 0.2) is 60.8 Å². The smallest absolute Gasteiger partial charge is 0.131 e. The Morgan fingerprint density at radius 1 is 0.962 bits per heavy atom. The summed E-state index contributed by atoms with van der Waals surface area (Å²) in [5.41, 5.74) is 2.05. The van der Waals surface area contributed by atoms with E-state index in [1.165, 1.54) is 18.2 Å². The lowest BCUT2D eigenvalue weighted by atomic mass is 9.99. The van der Waals surface area contributed by atoms with Crippen LogP contribution in [0, 0.1) is 11.6 Å². The lowest BCUT2D eigenvalue weighted by Crippen LogP contribution is -2.30. The van der Waals surface area contributed by atoms with Crippen molar-refractivity contribution in [2.24, 2.45) is 0 Å². The molecule has 1 aromatic heterocycles. The normalized spacial score (nSPS) is 17.7. The summed E-state index contributed by atoms with van der Waals surface area (Å²) in [6, 6.07) is 15.1. The third-order valence-corrected chi connectivity index (χ3v) is 5.14. The zero-order valence-corrected chi connectivity index (χ0v) is 15.0. The Kier molecular flexibility index (Phi) is 4.79. The van der Waals surface area contributed by atoms with Crippen molar-refractivity contribution in [3.63, 3.8) is 0 Å². The van der Waals surface area contributed by atoms with E-state index >= 15 is 0 Å². The molecule has 0 radical (unpaired) electrons. The Labute approximate surface area is 156 Å². The molecule has 5 heteroatoms. The van der Waals surface area contributed by atoms with Crippen molar-refractivity contribution >= 4 is 11.6 Å². The zero-order chi connectivity index (χ0) is 18.1. The predicted octanol–water partition coefficient (Wildman–Crippen LogP) is 5.42. The van der Waals surface area contributed by atoms with Crippen LogP contribution in [0.2, 0.25) is 5.02 Å². The van der Waals surface area contributed by atoms with Gasteiger partial charge in [-0.1, -0.05) is 29.8 Å². The van der Waals surface area contributed by atoms with Gasteiger partial charge in [0.1, 0.15) is 11.6 Å². The third kappa shape index (κ3) is 3.27. The van der Waals surface area contributed by atoms with Gasteiger partial charge in [-0.3, -0.25) is 4.90 Å². The molecule has 2 aromatic carbocycles. The van der Waals surface area contributed by atoms with Crippen molar-refractivity contribution in [1.29, 1.82) is 0 Å². The third-order valence-electron chi connectivity index (χ3n) is 4.90. The fourth-order valence-electron chi connectivity index (χ4n) is 3.78. The van der Waals surface area contributed by atoms with E-state index in [2.05, 4.69) is 9.47 Å². The summed E-state index contributed by atoms with van der Waals surface area (Å²) in [6.07, 6.45) is 2.89. The number of hydrogen-bond donors (Lipinski definition) is 0. The Bertz CT molecular complexity index is 902. The maximum absolute atomic E-state index is 14.6. The highest BCUT2D eigenvalue weighted by Crippen LogP contribution is 2.35. The monoisotopic (exact) mass is 372 g/mol. The summed E-state index contributed by atoms with van der Waals surface area (Å²) in [6.45, 7) is 2.15. The van der Waals surface area contributed by atoms with Crippen molar-refractivity contribution < 1.29 is 8.78 Å². The molecule has 0 saturated heterocycles. The first-order chi connectivity index (χ1) is 12.6. The van der Waals surface area contributed by atoms with E-state index in [0.29, 0.717) is 11.6 Å². The Balaban J connectivity index is 1.81. The molecular weight excluding hydrogens is 354 g/mol. The molecule has 1 aliphatic heterocycles. The molecule has 0 spiro atoms. The first-order valence-corrected chi connectivity index (χ1v) is 9.09. The second-order valence-electron chi connectivity index (χ2n) is 6.62. The van der Waals surface area contributed by atoms with Gasteiger partial charge in [-0.2, -0.15) is 0 Å². The summed E-state index contributed by atoms with van der Waals surface area (Å²) in [5, 5.41) is 0.661. The molecule has 2 nitrogen and oxygen atoms in total. The molecule has 0 N–H and O–H groups in total. The molecule has 0 saturated carbocycles. The number of fused-ring (bicyclic) bond motifs is 1. The quantitative estimate of drug-likeness (QED) is 0.596. The molecule has 0 unspecified atom stereocenters. The number of nitrogens with zero attached hydrogens (tertiary/aromatic N) is 2. The standard InChI is InChI=1S/C21H19ClF2N2/c22-16-6-1-5-15(13-16)14-26-12-4-11-25-10-3-9-19(25)21(26)20-17(23)7-2-8-18(20)24/h1-3,5-10,13,21H,4,11-12,14H2/t21-/m1/s1. The summed E-state index contributed by atoms with van der Waals surface area (Å²) >= 11 is 6.12. The van der Waals surface area contributed by atoms with Gasteiger partial charge in [-0.15, -0.1) is 0 Å². The van der Waals surface area contributed by atoms with E-state index in [9.17, 15) is 8.78 Å². The van der Waals surface area contributed by atoms with Crippen LogP contribution in [-0.4, -0.2) is 16.0 Å². The first kappa shape index (κ1) is 17.3. The van der Waals surface area contributed by atoms with Crippen LogP contribution in [0.3, 0.4) is 0 Å². The van der Waals surface area contributed by atoms with Crippen LogP contribution in [0.1, 0.15) is 29.3 Å². The van der Waals surface area contributed by atoms with Crippen molar-refractivity contribution in [2.75, 3.05) is 6.54 Å². The molecule has 3 aromatic rings. The van der Waals surface area contributed by atoms with Crippen molar-refractivity contribution in [2.45, 2.75) is 25.6 Å². The van der Waals surface area contributed by atoms with Gasteiger partial charge in [0.05, 0.1) is 6.04 Å². The minimum Gasteiger partial charge on any atom is -0.350 e. The number of benzene rings is 2. The molecule has 1 aliphatic rings. The van der Waals surface area contributed by atoms with Gasteiger partial charge in [0.15, 0.2) is 0 Å². The zero-order valence-electron chi connectivity index (χ0n) is 14.2. The highest BCUT2D eigenvalue weighted by molar-refractivity contribution is 6.30. The van der Waals surface area contributed by atoms with Crippen molar-refractivity contribution in [3.8, 4) is 0 Å². The summed E-state index contributed by atoms with van der Waals surface area (Å²) in [4.78, 5) is 2.13. The highest BCUT2D eigenvalue weighted by Gasteiger charge is 2.31. The van der Waals surface area contributed by atoms with Gasteiger partial charge >= 0.3 is 0 Å². The van der Waals surface area contributed by atoms with E-state index < -0.39 is 17.7 Å². The van der Waals surface area contributed by atoms with Gasteiger partial charge in [-0.25, -0.2) is 8.78 Å². The van der Waals surface area contributed by atoms with Crippen LogP contribution in [0.5, 0.6) is 0 Å². The molecule has 0 fully saturated rings. The number of halogens is 3. The Morgan fingerprint density at radius 3 is 2.50 bits per heavy atom. The van der Waals surface area contributed by atoms with Gasteiger partial charge in [0.2, 0.25) is 0 Å². The average molecular weight is 373 g/mol. The summed E-state index contributed by atoms with van der Waals surface area (Å²) in [5.74, 6) is -1.03. The molecule has 26 heavy (non-hydrogen) atoms. The lowest BCUT2D eigenvalue weighted by Gasteiger charge is -2.31. The molecule has 4 rings (SSSR count). The summed E-state index contributed by atoms with van der Waals surface area (Å²) < 4.78 is 31.4. The second kappa shape index (κ2) is 7.22. The van der Waals surface area contributed by atoms with E-state index in [1.54, 1.807) is 0 Å². The fourth-order valence-corrected chi connectivity index (χ4v) is 3.99. The number of aromatic nitrogens is 1. The van der Waals surface area contributed by atoms with Gasteiger partial charge in [0.25, 0.3) is 0 Å². The van der Waals surface area contributed by atoms with Crippen LogP contribution >= 0.6 is 11.6 Å². The molecule has 134 valence electrons. The molecule has 2 heterocycles. The summed E-state index contributed by atoms with van der Waals surface area (Å²) in [7, 11) is 0. The maximum atomic E-state index is 14.6. The lowest BCUT2D eigenvalue weighted by molar-refractivity contribution is 0.212. The maximum Gasteiger partial charge on any atom is 0.131 e. The van der Waals surface area contributed by atoms with Crippen molar-refractivity contribution in [1.82, 2.24) is 9.47 Å². The minimum absolute atomic E-state index is 0.108. The van der Waals surface area contributed by atoms with E-state index in [1.807, 2.05) is 42.6 Å².